The van der Waals surface area contributed by atoms with Gasteiger partial charge in [-0.05, 0) is 37.7 Å². The molecule has 2 aromatic heterocycles. The first-order valence-electron chi connectivity index (χ1n) is 9.98. The summed E-state index contributed by atoms with van der Waals surface area (Å²) in [6, 6.07) is 1.87. The predicted octanol–water partition coefficient (Wildman–Crippen LogP) is 3.76. The fourth-order valence-electron chi connectivity index (χ4n) is 4.42. The van der Waals surface area contributed by atoms with E-state index in [0.717, 1.165) is 66.4 Å². The summed E-state index contributed by atoms with van der Waals surface area (Å²) < 4.78 is 1.000. The van der Waals surface area contributed by atoms with Crippen LogP contribution < -0.4 is 4.90 Å². The molecule has 1 spiro atoms. The van der Waals surface area contributed by atoms with Crippen LogP contribution in [0.3, 0.4) is 0 Å². The maximum Gasteiger partial charge on any atom is 0.227 e. The molecule has 0 aromatic carbocycles. The molecule has 2 aliphatic heterocycles. The van der Waals surface area contributed by atoms with Crippen molar-refractivity contribution >= 4 is 39.1 Å². The van der Waals surface area contributed by atoms with Crippen LogP contribution >= 0.6 is 11.3 Å². The number of hydrogen-bond donors (Lipinski definition) is 0. The van der Waals surface area contributed by atoms with Crippen molar-refractivity contribution < 1.29 is 9.59 Å². The summed E-state index contributed by atoms with van der Waals surface area (Å²) in [5.41, 5.74) is 0.777. The van der Waals surface area contributed by atoms with Gasteiger partial charge in [-0.15, -0.1) is 11.3 Å². The minimum atomic E-state index is -0.313. The Morgan fingerprint density at radius 2 is 1.79 bits per heavy atom. The van der Waals surface area contributed by atoms with Crippen LogP contribution in [0.2, 0.25) is 0 Å². The molecule has 2 fully saturated rings. The van der Waals surface area contributed by atoms with Crippen LogP contribution in [0.4, 0.5) is 5.82 Å². The van der Waals surface area contributed by atoms with Gasteiger partial charge >= 0.3 is 0 Å². The molecule has 7 heteroatoms. The molecule has 6 nitrogen and oxygen atoms in total. The van der Waals surface area contributed by atoms with Crippen molar-refractivity contribution in [3.63, 3.8) is 0 Å². The molecule has 4 heterocycles. The summed E-state index contributed by atoms with van der Waals surface area (Å²) in [4.78, 5) is 38.4. The SMILES string of the molecule is CC(=O)c1cc2ncnc(N3CCC4(CCN(C(=O)C(C)(C)C)C4)CC3)c2s1. The van der Waals surface area contributed by atoms with Crippen LogP contribution in [-0.2, 0) is 4.79 Å². The van der Waals surface area contributed by atoms with Gasteiger partial charge in [0.1, 0.15) is 12.1 Å². The van der Waals surface area contributed by atoms with Gasteiger partial charge in [-0.2, -0.15) is 0 Å². The Kier molecular flexibility index (Phi) is 4.68. The van der Waals surface area contributed by atoms with Gasteiger partial charge in [0.25, 0.3) is 0 Å². The third kappa shape index (κ3) is 3.41. The summed E-state index contributed by atoms with van der Waals surface area (Å²) in [7, 11) is 0. The normalized spacial score (nSPS) is 19.6. The summed E-state index contributed by atoms with van der Waals surface area (Å²) in [6.07, 6.45) is 4.82. The number of fused-ring (bicyclic) bond motifs is 1. The maximum absolute atomic E-state index is 12.7. The van der Waals surface area contributed by atoms with Gasteiger partial charge in [0.05, 0.1) is 15.1 Å². The zero-order valence-corrected chi connectivity index (χ0v) is 17.9. The quantitative estimate of drug-likeness (QED) is 0.718. The van der Waals surface area contributed by atoms with E-state index in [4.69, 9.17) is 0 Å². The molecule has 0 aliphatic carbocycles. The highest BCUT2D eigenvalue weighted by Gasteiger charge is 2.44. The van der Waals surface area contributed by atoms with Crippen LogP contribution in [0.1, 0.15) is 56.6 Å². The number of anilines is 1. The molecule has 150 valence electrons. The lowest BCUT2D eigenvalue weighted by atomic mass is 9.77. The van der Waals surface area contributed by atoms with Crippen molar-refractivity contribution in [3.8, 4) is 0 Å². The zero-order valence-electron chi connectivity index (χ0n) is 17.1. The van der Waals surface area contributed by atoms with Crippen molar-refractivity contribution in [1.29, 1.82) is 0 Å². The lowest BCUT2D eigenvalue weighted by molar-refractivity contribution is -0.138. The molecular weight excluding hydrogens is 372 g/mol. The Hall–Kier alpha value is -2.02. The number of ketones is 1. The standard InChI is InChI=1S/C21H28N4O2S/c1-14(26)16-11-15-17(28-16)18(23-13-22-15)24-8-5-21(6-9-24)7-10-25(12-21)19(27)20(2,3)4/h11,13H,5-10,12H2,1-4H3. The largest absolute Gasteiger partial charge is 0.355 e. The predicted molar refractivity (Wildman–Crippen MR) is 112 cm³/mol. The van der Waals surface area contributed by atoms with E-state index in [1.807, 2.05) is 26.8 Å². The molecule has 0 unspecified atom stereocenters. The minimum Gasteiger partial charge on any atom is -0.355 e. The third-order valence-corrected chi connectivity index (χ3v) is 7.35. The molecule has 28 heavy (non-hydrogen) atoms. The van der Waals surface area contributed by atoms with E-state index in [0.29, 0.717) is 0 Å². The van der Waals surface area contributed by atoms with Gasteiger partial charge in [0.2, 0.25) is 5.91 Å². The highest BCUT2D eigenvalue weighted by atomic mass is 32.1. The van der Waals surface area contributed by atoms with Crippen LogP contribution in [0.5, 0.6) is 0 Å². The van der Waals surface area contributed by atoms with Gasteiger partial charge in [-0.1, -0.05) is 20.8 Å². The monoisotopic (exact) mass is 400 g/mol. The number of hydrogen-bond acceptors (Lipinski definition) is 6. The number of nitrogens with zero attached hydrogens (tertiary/aromatic N) is 4. The molecular formula is C21H28N4O2S. The Morgan fingerprint density at radius 1 is 1.11 bits per heavy atom. The summed E-state index contributed by atoms with van der Waals surface area (Å²) in [5, 5.41) is 0. The van der Waals surface area contributed by atoms with Crippen molar-refractivity contribution in [3.05, 3.63) is 17.3 Å². The highest BCUT2D eigenvalue weighted by molar-refractivity contribution is 7.21. The lowest BCUT2D eigenvalue weighted by Crippen LogP contribution is -2.44. The Balaban J connectivity index is 1.49. The molecule has 1 amide bonds. The summed E-state index contributed by atoms with van der Waals surface area (Å²) in [6.45, 7) is 11.2. The second-order valence-electron chi connectivity index (χ2n) is 9.29. The highest BCUT2D eigenvalue weighted by Crippen LogP contribution is 2.43. The minimum absolute atomic E-state index is 0.0705. The van der Waals surface area contributed by atoms with E-state index in [2.05, 4.69) is 19.8 Å². The van der Waals surface area contributed by atoms with E-state index in [9.17, 15) is 9.59 Å². The molecule has 2 aromatic rings. The molecule has 2 aliphatic rings. The van der Waals surface area contributed by atoms with Crippen molar-refractivity contribution in [1.82, 2.24) is 14.9 Å². The van der Waals surface area contributed by atoms with Gasteiger partial charge in [0, 0.05) is 31.6 Å². The maximum atomic E-state index is 12.7. The molecule has 0 atom stereocenters. The number of thiophene rings is 1. The second kappa shape index (κ2) is 6.79. The molecule has 4 rings (SSSR count). The van der Waals surface area contributed by atoms with E-state index in [1.165, 1.54) is 11.3 Å². The van der Waals surface area contributed by atoms with Crippen LogP contribution in [0.15, 0.2) is 12.4 Å². The van der Waals surface area contributed by atoms with Gasteiger partial charge in [-0.3, -0.25) is 9.59 Å². The van der Waals surface area contributed by atoms with Gasteiger partial charge in [-0.25, -0.2) is 9.97 Å². The smallest absolute Gasteiger partial charge is 0.227 e. The van der Waals surface area contributed by atoms with Crippen molar-refractivity contribution in [2.24, 2.45) is 10.8 Å². The Bertz CT molecular complexity index is 922. The number of piperidine rings is 1. The average molecular weight is 401 g/mol. The van der Waals surface area contributed by atoms with Crippen molar-refractivity contribution in [2.75, 3.05) is 31.1 Å². The number of amides is 1. The van der Waals surface area contributed by atoms with Gasteiger partial charge < -0.3 is 9.80 Å². The third-order valence-electron chi connectivity index (χ3n) is 6.13. The number of rotatable bonds is 2. The summed E-state index contributed by atoms with van der Waals surface area (Å²) in [5.74, 6) is 1.28. The van der Waals surface area contributed by atoms with E-state index in [1.54, 1.807) is 13.3 Å². The summed E-state index contributed by atoms with van der Waals surface area (Å²) >= 11 is 1.49. The molecule has 0 bridgehead atoms. The fraction of sp³-hybridized carbons (Fsp3) is 0.619. The Morgan fingerprint density at radius 3 is 2.43 bits per heavy atom. The lowest BCUT2D eigenvalue weighted by Gasteiger charge is -2.40. The molecule has 0 radical (unpaired) electrons. The number of likely N-dealkylation sites (tertiary alicyclic amines) is 1. The van der Waals surface area contributed by atoms with E-state index < -0.39 is 0 Å². The number of aromatic nitrogens is 2. The zero-order chi connectivity index (χ0) is 20.1. The Labute approximate surface area is 169 Å². The van der Waals surface area contributed by atoms with Crippen molar-refractivity contribution in [2.45, 2.75) is 47.0 Å². The number of carbonyl (C=O) groups is 2. The average Bonchev–Trinajstić information content (AvgIpc) is 3.26. The molecule has 0 N–H and O–H groups in total. The first-order valence-corrected chi connectivity index (χ1v) is 10.8. The van der Waals surface area contributed by atoms with E-state index >= 15 is 0 Å². The number of Topliss-reactive ketones (excluding diaryl/α,β-unsaturated/α-hetero) is 1. The topological polar surface area (TPSA) is 66.4 Å². The molecule has 0 saturated carbocycles. The first kappa shape index (κ1) is 19.3. The second-order valence-corrected chi connectivity index (χ2v) is 10.3. The fourth-order valence-corrected chi connectivity index (χ4v) is 5.45. The number of carbonyl (C=O) groups excluding carboxylic acids is 2. The van der Waals surface area contributed by atoms with Crippen LogP contribution in [-0.4, -0.2) is 52.7 Å². The van der Waals surface area contributed by atoms with E-state index in [-0.39, 0.29) is 22.5 Å². The van der Waals surface area contributed by atoms with Gasteiger partial charge in [0.15, 0.2) is 5.78 Å². The van der Waals surface area contributed by atoms with Crippen LogP contribution in [0.25, 0.3) is 10.2 Å². The van der Waals surface area contributed by atoms with Crippen LogP contribution in [0, 0.1) is 10.8 Å². The first-order chi connectivity index (χ1) is 13.2. The molecule has 2 saturated heterocycles.